The largest absolute Gasteiger partial charge is 0.380 e. The van der Waals surface area contributed by atoms with Gasteiger partial charge in [-0.05, 0) is 29.3 Å². The maximum atomic E-state index is 12.7. The molecule has 2 N–H and O–H groups in total. The molecular weight excluding hydrogens is 370 g/mol. The minimum Gasteiger partial charge on any atom is -0.380 e. The minimum absolute atomic E-state index is 0.0691. The Morgan fingerprint density at radius 1 is 0.897 bits per heavy atom. The van der Waals surface area contributed by atoms with Crippen molar-refractivity contribution in [2.75, 3.05) is 0 Å². The lowest BCUT2D eigenvalue weighted by molar-refractivity contribution is -0.384. The lowest BCUT2D eigenvalue weighted by Crippen LogP contribution is -2.15. The lowest BCUT2D eigenvalue weighted by Gasteiger charge is -2.06. The van der Waals surface area contributed by atoms with Crippen LogP contribution in [0.5, 0.6) is 0 Å². The highest BCUT2D eigenvalue weighted by atomic mass is 16.7. The summed E-state index contributed by atoms with van der Waals surface area (Å²) in [6.07, 6.45) is 1.70. The van der Waals surface area contributed by atoms with E-state index in [9.17, 15) is 14.9 Å². The zero-order valence-corrected chi connectivity index (χ0v) is 15.3. The Bertz CT molecular complexity index is 1060. The number of rotatable bonds is 6. The monoisotopic (exact) mass is 387 g/mol. The van der Waals surface area contributed by atoms with Gasteiger partial charge in [0.1, 0.15) is 0 Å². The second-order valence-corrected chi connectivity index (χ2v) is 5.99. The Morgan fingerprint density at radius 2 is 1.48 bits per heavy atom. The Hall–Kier alpha value is -4.26. The summed E-state index contributed by atoms with van der Waals surface area (Å²) in [6, 6.07) is 23.9. The smallest absolute Gasteiger partial charge is 0.366 e. The lowest BCUT2D eigenvalue weighted by atomic mass is 10.0. The average Bonchev–Trinajstić information content (AvgIpc) is 2.77. The van der Waals surface area contributed by atoms with E-state index in [2.05, 4.69) is 5.16 Å². The average molecular weight is 387 g/mol. The predicted octanol–water partition coefficient (Wildman–Crippen LogP) is 4.00. The fourth-order valence-electron chi connectivity index (χ4n) is 2.54. The van der Waals surface area contributed by atoms with Gasteiger partial charge in [0.25, 0.3) is 5.69 Å². The van der Waals surface area contributed by atoms with Crippen LogP contribution >= 0.6 is 0 Å². The first kappa shape index (κ1) is 19.5. The number of hydrogen-bond donors (Lipinski definition) is 1. The summed E-state index contributed by atoms with van der Waals surface area (Å²) in [5.41, 5.74) is 7.99. The highest BCUT2D eigenvalue weighted by molar-refractivity contribution is 6.21. The number of nitro groups is 1. The highest BCUT2D eigenvalue weighted by Crippen LogP contribution is 2.20. The number of oxime groups is 1. The van der Waals surface area contributed by atoms with Crippen molar-refractivity contribution in [2.24, 2.45) is 10.9 Å². The van der Waals surface area contributed by atoms with Gasteiger partial charge in [0, 0.05) is 17.7 Å². The van der Waals surface area contributed by atoms with Crippen LogP contribution in [0.15, 0.2) is 90.1 Å². The molecule has 0 atom stereocenters. The fourth-order valence-corrected chi connectivity index (χ4v) is 2.54. The van der Waals surface area contributed by atoms with Gasteiger partial charge in [-0.2, -0.15) is 0 Å². The van der Waals surface area contributed by atoms with Gasteiger partial charge in [-0.15, -0.1) is 0 Å². The fraction of sp³-hybridized carbons (Fsp3) is 0. The molecule has 0 unspecified atom stereocenters. The number of nitrogens with zero attached hydrogens (tertiary/aromatic N) is 2. The third kappa shape index (κ3) is 5.14. The molecule has 3 aromatic carbocycles. The summed E-state index contributed by atoms with van der Waals surface area (Å²) < 4.78 is 0. The van der Waals surface area contributed by atoms with Crippen LogP contribution in [-0.4, -0.2) is 16.7 Å². The second kappa shape index (κ2) is 9.09. The number of non-ortho nitro benzene ring substituents is 1. The summed E-state index contributed by atoms with van der Waals surface area (Å²) in [6.45, 7) is 0. The molecule has 0 bridgehead atoms. The Morgan fingerprint density at radius 3 is 2.07 bits per heavy atom. The minimum atomic E-state index is -0.676. The van der Waals surface area contributed by atoms with Crippen molar-refractivity contribution in [2.45, 2.75) is 0 Å². The Labute approximate surface area is 166 Å². The zero-order chi connectivity index (χ0) is 20.6. The van der Waals surface area contributed by atoms with Gasteiger partial charge in [-0.25, -0.2) is 4.79 Å². The molecule has 0 aliphatic rings. The van der Waals surface area contributed by atoms with Crippen molar-refractivity contribution in [3.63, 3.8) is 0 Å². The van der Waals surface area contributed by atoms with Gasteiger partial charge >= 0.3 is 5.97 Å². The van der Waals surface area contributed by atoms with Gasteiger partial charge < -0.3 is 10.6 Å². The van der Waals surface area contributed by atoms with E-state index >= 15 is 0 Å². The third-order valence-corrected chi connectivity index (χ3v) is 4.02. The summed E-state index contributed by atoms with van der Waals surface area (Å²) in [5.74, 6) is -0.745. The molecule has 0 saturated heterocycles. The van der Waals surface area contributed by atoms with Gasteiger partial charge in [0.15, 0.2) is 5.84 Å². The molecule has 0 spiro atoms. The van der Waals surface area contributed by atoms with Crippen molar-refractivity contribution < 1.29 is 14.6 Å². The molecular formula is C22H17N3O4. The van der Waals surface area contributed by atoms with Crippen molar-refractivity contribution in [3.8, 4) is 0 Å². The first-order valence-corrected chi connectivity index (χ1v) is 8.66. The molecule has 0 saturated carbocycles. The number of nitro benzene ring substituents is 1. The Kier molecular flexibility index (Phi) is 6.12. The molecule has 0 amide bonds. The molecule has 7 heteroatoms. The van der Waals surface area contributed by atoms with E-state index in [4.69, 9.17) is 10.6 Å². The summed E-state index contributed by atoms with van der Waals surface area (Å²) in [4.78, 5) is 27.9. The second-order valence-electron chi connectivity index (χ2n) is 5.99. The van der Waals surface area contributed by atoms with Crippen LogP contribution in [0.2, 0.25) is 0 Å². The molecule has 0 radical (unpaired) electrons. The van der Waals surface area contributed by atoms with E-state index in [0.717, 1.165) is 5.56 Å². The molecule has 144 valence electrons. The highest BCUT2D eigenvalue weighted by Gasteiger charge is 2.15. The summed E-state index contributed by atoms with van der Waals surface area (Å²) >= 11 is 0. The zero-order valence-electron chi connectivity index (χ0n) is 15.3. The maximum absolute atomic E-state index is 12.7. The first-order chi connectivity index (χ1) is 14.0. The van der Waals surface area contributed by atoms with Gasteiger partial charge in [-0.1, -0.05) is 65.8 Å². The molecule has 3 rings (SSSR count). The topological polar surface area (TPSA) is 108 Å². The van der Waals surface area contributed by atoms with Crippen LogP contribution in [0.3, 0.4) is 0 Å². The van der Waals surface area contributed by atoms with Crippen molar-refractivity contribution >= 4 is 29.1 Å². The van der Waals surface area contributed by atoms with Crippen molar-refractivity contribution in [3.05, 3.63) is 112 Å². The maximum Gasteiger partial charge on any atom is 0.366 e. The Balaban J connectivity index is 1.84. The molecule has 29 heavy (non-hydrogen) atoms. The van der Waals surface area contributed by atoms with Gasteiger partial charge in [0.05, 0.1) is 10.5 Å². The standard InChI is InChI=1S/C22H17N3O4/c23-21(18-11-13-19(14-12-18)25(27)28)24-29-22(26)20(17-9-5-2-6-10-17)15-16-7-3-1-4-8-16/h1-15H,(H2,23,24)/b20-15-. The number of nitrogens with two attached hydrogens (primary N) is 1. The molecule has 0 aliphatic carbocycles. The predicted molar refractivity (Wildman–Crippen MR) is 111 cm³/mol. The number of amidine groups is 1. The van der Waals surface area contributed by atoms with Crippen LogP contribution in [-0.2, 0) is 9.63 Å². The van der Waals surface area contributed by atoms with Crippen LogP contribution in [0.25, 0.3) is 11.6 Å². The van der Waals surface area contributed by atoms with E-state index < -0.39 is 10.9 Å². The van der Waals surface area contributed by atoms with E-state index in [1.165, 1.54) is 24.3 Å². The number of hydrogen-bond acceptors (Lipinski definition) is 5. The van der Waals surface area contributed by atoms with E-state index in [1.807, 2.05) is 48.5 Å². The number of benzene rings is 3. The molecule has 7 nitrogen and oxygen atoms in total. The van der Waals surface area contributed by atoms with Gasteiger partial charge in [-0.3, -0.25) is 10.1 Å². The first-order valence-electron chi connectivity index (χ1n) is 8.66. The number of carbonyl (C=O) groups is 1. The molecule has 0 aliphatic heterocycles. The summed E-state index contributed by atoms with van der Waals surface area (Å²) in [7, 11) is 0. The van der Waals surface area contributed by atoms with Crippen LogP contribution in [0.1, 0.15) is 16.7 Å². The van der Waals surface area contributed by atoms with E-state index in [0.29, 0.717) is 16.7 Å². The SMILES string of the molecule is N/C(=N\OC(=O)/C(=C\c1ccccc1)c1ccccc1)c1ccc([N+](=O)[O-])cc1. The van der Waals surface area contributed by atoms with E-state index in [1.54, 1.807) is 18.2 Å². The van der Waals surface area contributed by atoms with Crippen LogP contribution in [0, 0.1) is 10.1 Å². The number of carbonyl (C=O) groups excluding carboxylic acids is 1. The normalized spacial score (nSPS) is 11.7. The molecule has 0 heterocycles. The van der Waals surface area contributed by atoms with Crippen molar-refractivity contribution in [1.82, 2.24) is 0 Å². The van der Waals surface area contributed by atoms with E-state index in [-0.39, 0.29) is 11.5 Å². The third-order valence-electron chi connectivity index (χ3n) is 4.02. The quantitative estimate of drug-likeness (QED) is 0.131. The molecule has 3 aromatic rings. The van der Waals surface area contributed by atoms with Crippen LogP contribution < -0.4 is 5.73 Å². The molecule has 0 aromatic heterocycles. The summed E-state index contributed by atoms with van der Waals surface area (Å²) in [5, 5.41) is 14.4. The van der Waals surface area contributed by atoms with Gasteiger partial charge in [0.2, 0.25) is 0 Å². The van der Waals surface area contributed by atoms with Crippen molar-refractivity contribution in [1.29, 1.82) is 0 Å². The molecule has 0 fully saturated rings. The van der Waals surface area contributed by atoms with Crippen LogP contribution in [0.4, 0.5) is 5.69 Å².